The van der Waals surface area contributed by atoms with E-state index < -0.39 is 0 Å². The van der Waals surface area contributed by atoms with Crippen molar-refractivity contribution in [3.63, 3.8) is 0 Å². The van der Waals surface area contributed by atoms with E-state index >= 15 is 0 Å². The number of aromatic nitrogens is 1. The minimum absolute atomic E-state index is 0.171. The van der Waals surface area contributed by atoms with Crippen LogP contribution in [0.2, 0.25) is 10.3 Å². The van der Waals surface area contributed by atoms with Crippen LogP contribution in [-0.4, -0.2) is 24.0 Å². The second-order valence-electron chi connectivity index (χ2n) is 5.83. The molecule has 4 nitrogen and oxygen atoms in total. The van der Waals surface area contributed by atoms with Crippen LogP contribution in [0.1, 0.15) is 41.6 Å². The van der Waals surface area contributed by atoms with Crippen LogP contribution in [0.15, 0.2) is 42.5 Å². The van der Waals surface area contributed by atoms with Crippen LogP contribution in [-0.2, 0) is 6.54 Å². The smallest absolute Gasteiger partial charge is 0.251 e. The standard InChI is InChI=1S/C19H23Cl2N3O/c20-17-12-16(13-18(21)24-17)19(25)23-11-7-2-1-6-10-22-14-15-8-4-3-5-9-15/h3-5,8-9,12-13,22H,1-2,6-7,10-11,14H2,(H,23,25). The number of pyridine rings is 1. The Morgan fingerprint density at radius 1 is 0.920 bits per heavy atom. The van der Waals surface area contributed by atoms with E-state index in [0.717, 1.165) is 38.8 Å². The number of halogens is 2. The molecule has 0 unspecified atom stereocenters. The zero-order valence-corrected chi connectivity index (χ0v) is 15.6. The molecule has 1 aromatic heterocycles. The van der Waals surface area contributed by atoms with Gasteiger partial charge in [-0.25, -0.2) is 4.98 Å². The number of carbonyl (C=O) groups excluding carboxylic acids is 1. The molecule has 0 saturated heterocycles. The predicted molar refractivity (Wildman–Crippen MR) is 103 cm³/mol. The van der Waals surface area contributed by atoms with Gasteiger partial charge in [-0.1, -0.05) is 66.4 Å². The fraction of sp³-hybridized carbons (Fsp3) is 0.368. The van der Waals surface area contributed by atoms with Crippen LogP contribution in [0.3, 0.4) is 0 Å². The van der Waals surface area contributed by atoms with Crippen LogP contribution in [0, 0.1) is 0 Å². The summed E-state index contributed by atoms with van der Waals surface area (Å²) >= 11 is 11.6. The summed E-state index contributed by atoms with van der Waals surface area (Å²) in [4.78, 5) is 15.8. The molecule has 2 rings (SSSR count). The highest BCUT2D eigenvalue weighted by molar-refractivity contribution is 6.33. The Morgan fingerprint density at radius 3 is 2.24 bits per heavy atom. The molecule has 0 fully saturated rings. The first-order valence-corrected chi connectivity index (χ1v) is 9.26. The van der Waals surface area contributed by atoms with Crippen molar-refractivity contribution in [2.24, 2.45) is 0 Å². The van der Waals surface area contributed by atoms with Crippen molar-refractivity contribution in [2.75, 3.05) is 13.1 Å². The van der Waals surface area contributed by atoms with Gasteiger partial charge >= 0.3 is 0 Å². The van der Waals surface area contributed by atoms with Crippen LogP contribution in [0.25, 0.3) is 0 Å². The first kappa shape index (κ1) is 19.7. The van der Waals surface area contributed by atoms with Crippen molar-refractivity contribution in [1.29, 1.82) is 0 Å². The monoisotopic (exact) mass is 379 g/mol. The molecule has 2 aromatic rings. The summed E-state index contributed by atoms with van der Waals surface area (Å²) in [6, 6.07) is 13.4. The number of unbranched alkanes of at least 4 members (excludes halogenated alkanes) is 3. The van der Waals surface area contributed by atoms with Crippen molar-refractivity contribution in [2.45, 2.75) is 32.2 Å². The molecule has 0 aliphatic heterocycles. The number of rotatable bonds is 10. The van der Waals surface area contributed by atoms with E-state index in [1.165, 1.54) is 17.7 Å². The molecular formula is C19H23Cl2N3O. The third-order valence-electron chi connectivity index (χ3n) is 3.76. The Morgan fingerprint density at radius 2 is 1.56 bits per heavy atom. The van der Waals surface area contributed by atoms with Gasteiger partial charge in [0.05, 0.1) is 0 Å². The maximum Gasteiger partial charge on any atom is 0.251 e. The molecule has 0 bridgehead atoms. The lowest BCUT2D eigenvalue weighted by Gasteiger charge is -2.07. The van der Waals surface area contributed by atoms with Gasteiger partial charge in [-0.15, -0.1) is 0 Å². The van der Waals surface area contributed by atoms with E-state index in [1.54, 1.807) is 0 Å². The maximum atomic E-state index is 12.0. The highest BCUT2D eigenvalue weighted by Crippen LogP contribution is 2.14. The number of amides is 1. The molecule has 0 spiro atoms. The number of hydrogen-bond donors (Lipinski definition) is 2. The van der Waals surface area contributed by atoms with E-state index in [-0.39, 0.29) is 16.2 Å². The van der Waals surface area contributed by atoms with Gasteiger partial charge in [-0.2, -0.15) is 0 Å². The van der Waals surface area contributed by atoms with Crippen molar-refractivity contribution < 1.29 is 4.79 Å². The summed E-state index contributed by atoms with van der Waals surface area (Å²) in [5, 5.41) is 6.77. The summed E-state index contributed by atoms with van der Waals surface area (Å²) < 4.78 is 0. The molecule has 2 N–H and O–H groups in total. The Bertz CT molecular complexity index is 645. The third-order valence-corrected chi connectivity index (χ3v) is 4.15. The minimum Gasteiger partial charge on any atom is -0.352 e. The van der Waals surface area contributed by atoms with Crippen molar-refractivity contribution in [1.82, 2.24) is 15.6 Å². The second-order valence-corrected chi connectivity index (χ2v) is 6.61. The number of benzene rings is 1. The predicted octanol–water partition coefficient (Wildman–Crippen LogP) is 4.47. The fourth-order valence-corrected chi connectivity index (χ4v) is 2.92. The van der Waals surface area contributed by atoms with E-state index in [9.17, 15) is 4.79 Å². The lowest BCUT2D eigenvalue weighted by molar-refractivity contribution is 0.0953. The van der Waals surface area contributed by atoms with Crippen molar-refractivity contribution in [3.8, 4) is 0 Å². The molecular weight excluding hydrogens is 357 g/mol. The van der Waals surface area contributed by atoms with Crippen LogP contribution in [0.4, 0.5) is 0 Å². The molecule has 0 aliphatic rings. The molecule has 1 aromatic carbocycles. The van der Waals surface area contributed by atoms with Crippen LogP contribution in [0.5, 0.6) is 0 Å². The van der Waals surface area contributed by atoms with E-state index in [2.05, 4.69) is 39.9 Å². The molecule has 134 valence electrons. The zero-order chi connectivity index (χ0) is 17.9. The van der Waals surface area contributed by atoms with E-state index in [4.69, 9.17) is 23.2 Å². The Balaban J connectivity index is 1.50. The van der Waals surface area contributed by atoms with Gasteiger partial charge in [-0.3, -0.25) is 4.79 Å². The topological polar surface area (TPSA) is 54.0 Å². The molecule has 0 atom stereocenters. The number of hydrogen-bond acceptors (Lipinski definition) is 3. The summed E-state index contributed by atoms with van der Waals surface area (Å²) in [6.45, 7) is 2.57. The summed E-state index contributed by atoms with van der Waals surface area (Å²) in [7, 11) is 0. The quantitative estimate of drug-likeness (QED) is 0.472. The Labute approximate surface area is 158 Å². The largest absolute Gasteiger partial charge is 0.352 e. The number of nitrogens with zero attached hydrogens (tertiary/aromatic N) is 1. The van der Waals surface area contributed by atoms with E-state index in [1.807, 2.05) is 6.07 Å². The molecule has 0 aliphatic carbocycles. The lowest BCUT2D eigenvalue weighted by atomic mass is 10.2. The van der Waals surface area contributed by atoms with Gasteiger partial charge in [0, 0.05) is 18.7 Å². The normalized spacial score (nSPS) is 10.6. The Kier molecular flexibility index (Phi) is 8.73. The molecule has 6 heteroatoms. The zero-order valence-electron chi connectivity index (χ0n) is 14.1. The highest BCUT2D eigenvalue weighted by Gasteiger charge is 2.07. The SMILES string of the molecule is O=C(NCCCCCCNCc1ccccc1)c1cc(Cl)nc(Cl)c1. The van der Waals surface area contributed by atoms with Gasteiger partial charge < -0.3 is 10.6 Å². The molecule has 0 saturated carbocycles. The summed E-state index contributed by atoms with van der Waals surface area (Å²) in [5.41, 5.74) is 1.75. The second kappa shape index (κ2) is 11.1. The Hall–Kier alpha value is -1.62. The highest BCUT2D eigenvalue weighted by atomic mass is 35.5. The van der Waals surface area contributed by atoms with Crippen molar-refractivity contribution >= 4 is 29.1 Å². The lowest BCUT2D eigenvalue weighted by Crippen LogP contribution is -2.24. The van der Waals surface area contributed by atoms with Crippen LogP contribution >= 0.6 is 23.2 Å². The van der Waals surface area contributed by atoms with Gasteiger partial charge in [-0.05, 0) is 37.1 Å². The van der Waals surface area contributed by atoms with Gasteiger partial charge in [0.2, 0.25) is 0 Å². The average molecular weight is 380 g/mol. The minimum atomic E-state index is -0.171. The number of nitrogens with one attached hydrogen (secondary N) is 2. The van der Waals surface area contributed by atoms with Crippen molar-refractivity contribution in [3.05, 3.63) is 63.9 Å². The molecule has 0 radical (unpaired) electrons. The summed E-state index contributed by atoms with van der Waals surface area (Å²) in [6.07, 6.45) is 4.32. The number of carbonyl (C=O) groups is 1. The third kappa shape index (κ3) is 7.86. The maximum absolute atomic E-state index is 12.0. The van der Waals surface area contributed by atoms with Gasteiger partial charge in [0.15, 0.2) is 0 Å². The van der Waals surface area contributed by atoms with Gasteiger partial charge in [0.1, 0.15) is 10.3 Å². The first-order valence-electron chi connectivity index (χ1n) is 8.51. The molecule has 1 heterocycles. The molecule has 25 heavy (non-hydrogen) atoms. The van der Waals surface area contributed by atoms with E-state index in [0.29, 0.717) is 12.1 Å². The van der Waals surface area contributed by atoms with Gasteiger partial charge in [0.25, 0.3) is 5.91 Å². The molecule has 1 amide bonds. The average Bonchev–Trinajstić information content (AvgIpc) is 2.60. The summed E-state index contributed by atoms with van der Waals surface area (Å²) in [5.74, 6) is -0.171. The van der Waals surface area contributed by atoms with Crippen LogP contribution < -0.4 is 10.6 Å². The first-order chi connectivity index (χ1) is 12.1. The fourth-order valence-electron chi connectivity index (χ4n) is 2.46.